The second kappa shape index (κ2) is 75.7. The van der Waals surface area contributed by atoms with Gasteiger partial charge in [-0.1, -0.05) is 348 Å². The Morgan fingerprint density at radius 3 is 1.30 bits per heavy atom. The minimum atomic E-state index is -4.33. The molecular formula is C119H161F11N4O5. The second-order valence-electron chi connectivity index (χ2n) is 35.1. The molecule has 2 saturated carbocycles. The molecule has 764 valence electrons. The molecule has 0 saturated heterocycles. The van der Waals surface area contributed by atoms with Crippen LogP contribution in [0.1, 0.15) is 328 Å². The molecule has 2 aliphatic rings. The largest absolute Gasteiger partial charge is 0.491 e. The van der Waals surface area contributed by atoms with Crippen LogP contribution in [0.3, 0.4) is 0 Å². The molecular weight excluding hydrogens is 1770 g/mol. The SMILES string of the molecule is CCCC1CC1c1ccccc1.CCCCC(C)c1ccc(F)cc1.CCCCC(C)c1ccccc1.CCCCC(F)(F)c1ccccc1.CCCCC(F)c1ccccc1.CCCCC1(c2cnccn2)CC1.CCCCCc1ccccc1.CCCCCc1cnccn1.COCCCc1ccc(F)cc1.COCCOc1ccc(C(F)(F)F)cc1.COCCOc1cccc(C(F)(F)F)c1. The van der Waals surface area contributed by atoms with Gasteiger partial charge >= 0.3 is 12.4 Å². The van der Waals surface area contributed by atoms with Crippen LogP contribution in [0.5, 0.6) is 11.5 Å². The highest BCUT2D eigenvalue weighted by molar-refractivity contribution is 5.32. The average Bonchev–Trinajstić information content (AvgIpc) is 1.63. The molecule has 2 fully saturated rings. The van der Waals surface area contributed by atoms with E-state index in [1.165, 1.54) is 232 Å². The van der Waals surface area contributed by atoms with Gasteiger partial charge in [-0.3, -0.25) is 19.9 Å². The summed E-state index contributed by atoms with van der Waals surface area (Å²) in [5, 5.41) is 0. The lowest BCUT2D eigenvalue weighted by Crippen LogP contribution is -2.12. The summed E-state index contributed by atoms with van der Waals surface area (Å²) in [6.45, 7) is 24.0. The number of hydrogen-bond acceptors (Lipinski definition) is 9. The first-order chi connectivity index (χ1) is 67.1. The van der Waals surface area contributed by atoms with Crippen molar-refractivity contribution >= 4 is 0 Å². The third-order valence-electron chi connectivity index (χ3n) is 23.3. The highest BCUT2D eigenvalue weighted by atomic mass is 19.4. The smallest absolute Gasteiger partial charge is 0.416 e. The minimum absolute atomic E-state index is 0.0481. The predicted molar refractivity (Wildman–Crippen MR) is 552 cm³/mol. The summed E-state index contributed by atoms with van der Waals surface area (Å²) >= 11 is 0. The lowest BCUT2D eigenvalue weighted by Gasteiger charge is -2.15. The number of ether oxygens (including phenoxy) is 5. The summed E-state index contributed by atoms with van der Waals surface area (Å²) in [6.07, 6.45) is 35.8. The molecule has 9 nitrogen and oxygen atoms in total. The molecule has 0 radical (unpaired) electrons. The van der Waals surface area contributed by atoms with Gasteiger partial charge in [-0.2, -0.15) is 26.3 Å². The lowest BCUT2D eigenvalue weighted by atomic mass is 9.96. The van der Waals surface area contributed by atoms with Crippen LogP contribution in [-0.2, 0) is 57.2 Å². The first kappa shape index (κ1) is 123. The molecule has 139 heavy (non-hydrogen) atoms. The van der Waals surface area contributed by atoms with Crippen molar-refractivity contribution < 1.29 is 72.0 Å². The summed E-state index contributed by atoms with van der Waals surface area (Å²) in [5.41, 5.74) is 9.20. The Bertz CT molecular complexity index is 4460. The molecule has 0 N–H and O–H groups in total. The van der Waals surface area contributed by atoms with Crippen LogP contribution >= 0.6 is 0 Å². The number of halogens is 11. The van der Waals surface area contributed by atoms with Crippen LogP contribution in [0, 0.1) is 17.6 Å². The number of rotatable bonds is 43. The van der Waals surface area contributed by atoms with Crippen molar-refractivity contribution in [2.24, 2.45) is 5.92 Å². The van der Waals surface area contributed by atoms with Gasteiger partial charge in [0, 0.05) is 82.5 Å². The third-order valence-corrected chi connectivity index (χ3v) is 23.3. The summed E-state index contributed by atoms with van der Waals surface area (Å²) in [4.78, 5) is 16.7. The van der Waals surface area contributed by atoms with Crippen LogP contribution in [0.4, 0.5) is 48.3 Å². The number of alkyl halides is 9. The molecule has 2 heterocycles. The topological polar surface area (TPSA) is 97.7 Å². The van der Waals surface area contributed by atoms with Crippen molar-refractivity contribution in [3.63, 3.8) is 0 Å². The Morgan fingerprint density at radius 1 is 0.374 bits per heavy atom. The van der Waals surface area contributed by atoms with Crippen LogP contribution in [0.2, 0.25) is 0 Å². The zero-order chi connectivity index (χ0) is 102. The molecule has 20 heteroatoms. The molecule has 0 bridgehead atoms. The van der Waals surface area contributed by atoms with Gasteiger partial charge in [-0.25, -0.2) is 22.0 Å². The van der Waals surface area contributed by atoms with E-state index in [4.69, 9.17) is 23.7 Å². The molecule has 13 rings (SSSR count). The van der Waals surface area contributed by atoms with Gasteiger partial charge in [0.25, 0.3) is 5.92 Å². The zero-order valence-corrected chi connectivity index (χ0v) is 85.3. The van der Waals surface area contributed by atoms with Crippen LogP contribution < -0.4 is 9.47 Å². The Labute approximate surface area is 827 Å². The number of aryl methyl sites for hydroxylation is 3. The van der Waals surface area contributed by atoms with E-state index >= 15 is 0 Å². The number of hydrogen-bond donors (Lipinski definition) is 0. The summed E-state index contributed by atoms with van der Waals surface area (Å²) in [5.74, 6) is 0.797. The molecule has 0 spiro atoms. The van der Waals surface area contributed by atoms with Gasteiger partial charge in [0.05, 0.1) is 35.7 Å². The number of aromatic nitrogens is 4. The molecule has 11 aromatic rings. The zero-order valence-electron chi connectivity index (χ0n) is 85.3. The maximum absolute atomic E-state index is 13.3. The van der Waals surface area contributed by atoms with Crippen LogP contribution in [-0.4, -0.2) is 74.3 Å². The van der Waals surface area contributed by atoms with E-state index in [2.05, 4.69) is 173 Å². The molecule has 2 aromatic heterocycles. The van der Waals surface area contributed by atoms with E-state index in [1.807, 2.05) is 73.9 Å². The molecule has 2 aliphatic carbocycles. The minimum Gasteiger partial charge on any atom is -0.491 e. The van der Waals surface area contributed by atoms with E-state index in [0.717, 1.165) is 104 Å². The Kier molecular flexibility index (Phi) is 67.0. The number of benzene rings is 9. The maximum Gasteiger partial charge on any atom is 0.416 e. The Hall–Kier alpha value is -10.2. The molecule has 5 unspecified atom stereocenters. The number of methoxy groups -OCH3 is 3. The van der Waals surface area contributed by atoms with E-state index in [0.29, 0.717) is 49.7 Å². The van der Waals surface area contributed by atoms with Gasteiger partial charge in [0.2, 0.25) is 0 Å². The number of unbranched alkanes of at least 4 members (excludes halogenated alkanes) is 9. The fourth-order valence-electron chi connectivity index (χ4n) is 14.6. The predicted octanol–water partition coefficient (Wildman–Crippen LogP) is 35.7. The first-order valence-electron chi connectivity index (χ1n) is 50.5. The molecule has 0 aliphatic heterocycles. The van der Waals surface area contributed by atoms with Crippen molar-refractivity contribution in [1.82, 2.24) is 19.9 Å². The van der Waals surface area contributed by atoms with Gasteiger partial charge in [0.15, 0.2) is 0 Å². The molecule has 0 amide bonds. The molecule has 5 atom stereocenters. The summed E-state index contributed by atoms with van der Waals surface area (Å²) < 4.78 is 163. The first-order valence-corrected chi connectivity index (χ1v) is 50.5. The monoisotopic (exact) mass is 1940 g/mol. The lowest BCUT2D eigenvalue weighted by molar-refractivity contribution is -0.138. The van der Waals surface area contributed by atoms with E-state index < -0.39 is 35.6 Å². The fourth-order valence-corrected chi connectivity index (χ4v) is 14.6. The van der Waals surface area contributed by atoms with Crippen molar-refractivity contribution in [1.29, 1.82) is 0 Å². The van der Waals surface area contributed by atoms with Crippen molar-refractivity contribution in [2.75, 3.05) is 54.4 Å². The number of nitrogens with zero attached hydrogens (tertiary/aromatic N) is 4. The van der Waals surface area contributed by atoms with E-state index in [9.17, 15) is 48.3 Å². The third kappa shape index (κ3) is 58.0. The van der Waals surface area contributed by atoms with Gasteiger partial charge in [0.1, 0.15) is 42.5 Å². The Morgan fingerprint density at radius 2 is 0.820 bits per heavy atom. The highest BCUT2D eigenvalue weighted by Gasteiger charge is 2.45. The maximum atomic E-state index is 13.3. The fraction of sp³-hybridized carbons (Fsp3) is 0.479. The van der Waals surface area contributed by atoms with Gasteiger partial charge in [-0.05, 0) is 214 Å². The van der Waals surface area contributed by atoms with Crippen molar-refractivity contribution in [3.8, 4) is 11.5 Å². The van der Waals surface area contributed by atoms with Crippen LogP contribution in [0.15, 0.2) is 286 Å². The normalized spacial score (nSPS) is 13.5. The molecule has 9 aromatic carbocycles. The quantitative estimate of drug-likeness (QED) is 0.0273. The average molecular weight is 1940 g/mol. The summed E-state index contributed by atoms with van der Waals surface area (Å²) in [6, 6.07) is 72.5. The van der Waals surface area contributed by atoms with E-state index in [1.54, 1.807) is 55.7 Å². The summed E-state index contributed by atoms with van der Waals surface area (Å²) in [7, 11) is 4.70. The highest BCUT2D eigenvalue weighted by Crippen LogP contribution is 2.51. The van der Waals surface area contributed by atoms with E-state index in [-0.39, 0.29) is 36.0 Å². The van der Waals surface area contributed by atoms with Crippen molar-refractivity contribution in [2.45, 2.75) is 309 Å². The van der Waals surface area contributed by atoms with Gasteiger partial charge < -0.3 is 23.7 Å². The Balaban J connectivity index is 0.000000394. The van der Waals surface area contributed by atoms with Gasteiger partial charge in [-0.15, -0.1) is 0 Å². The standard InChI is InChI=1S/C12H17F.C12H16.C12H18.C11H14F2.C11H15F.C11H16N2.C11H16.2C10H11F3O2.C10H13FO.C9H14N2/c1-3-4-5-10(2)11-6-8-12(13)9-7-11;1-2-6-11-9-12(11)10-7-4-3-5-8-10;1-3-4-8-11(2)12-9-6-5-7-10-12;1-2-3-9-11(12,13)10-7-5-4-6-8-10;1-2-3-9-11(12)10-7-5-4-6-8-10;1-2-3-4-11(5-6-11)10-9-12-7-8-13-10;1-2-3-5-8-11-9-6-4-7-10-11;1-14-6-7-15-9-4-2-8(3-5-9)10(11,12)13;1-14-5-6-15-9-4-2-3-8(7-9)10(11,12)13;1-12-8-2-3-9-4-6-10(11)7-5-9;1-2-3-4-5-9-8-10-6-7-11-9/h6-10H,3-5H2,1-2H3;3-5,7-8,11-12H,2,6,9H2,1H3;5-7,9-11H,3-4,8H2,1-2H3;4-8H,2-3,9H2,1H3;4-8,11H,2-3,9H2,1H3;7-9H,2-6H2,1H3;4,6-7,9-10H,2-3,5,8H2,1H3;2-5H,6-7H2,1H3;2-4,7H,5-6H2,1H3;4-7H,2-3,8H2,1H3;6-8H,2-5H2,1H3. The van der Waals surface area contributed by atoms with Crippen LogP contribution in [0.25, 0.3) is 0 Å². The van der Waals surface area contributed by atoms with Crippen molar-refractivity contribution in [3.05, 3.63) is 359 Å². The second-order valence-corrected chi connectivity index (χ2v) is 35.1.